The molecule has 132 valence electrons. The van der Waals surface area contributed by atoms with Crippen LogP contribution in [0.1, 0.15) is 35.1 Å². The fourth-order valence-corrected chi connectivity index (χ4v) is 3.38. The molecule has 1 fully saturated rings. The maximum absolute atomic E-state index is 12.9. The summed E-state index contributed by atoms with van der Waals surface area (Å²) in [4.78, 5) is 25.8. The fraction of sp³-hybridized carbons (Fsp3) is 0.444. The highest BCUT2D eigenvalue weighted by Gasteiger charge is 2.34. The van der Waals surface area contributed by atoms with Gasteiger partial charge in [-0.15, -0.1) is 5.10 Å². The summed E-state index contributed by atoms with van der Waals surface area (Å²) in [5.74, 6) is -1.50. The molecule has 3 rings (SSSR count). The molecule has 7 heteroatoms. The number of carbonyl (C=O) groups excluding carboxylic acids is 1. The van der Waals surface area contributed by atoms with E-state index in [4.69, 9.17) is 0 Å². The van der Waals surface area contributed by atoms with Crippen LogP contribution in [-0.4, -0.2) is 50.0 Å². The summed E-state index contributed by atoms with van der Waals surface area (Å²) in [7, 11) is 0. The highest BCUT2D eigenvalue weighted by Crippen LogP contribution is 2.24. The van der Waals surface area contributed by atoms with Crippen LogP contribution in [0.2, 0.25) is 0 Å². The minimum atomic E-state index is -0.857. The Balaban J connectivity index is 1.87. The first kappa shape index (κ1) is 17.1. The van der Waals surface area contributed by atoms with Crippen LogP contribution in [0.3, 0.4) is 0 Å². The second-order valence-electron chi connectivity index (χ2n) is 6.86. The SMILES string of the molecule is Cc1cccc(-n2nnc(C(=O)N3CC(C)CC(C(=O)O)C3)c2C)c1. The van der Waals surface area contributed by atoms with Crippen molar-refractivity contribution < 1.29 is 14.7 Å². The number of aliphatic carboxylic acids is 1. The molecular formula is C18H22N4O3. The topological polar surface area (TPSA) is 88.3 Å². The molecule has 0 spiro atoms. The van der Waals surface area contributed by atoms with Crippen LogP contribution in [0, 0.1) is 25.7 Å². The Bertz CT molecular complexity index is 814. The molecule has 1 aliphatic rings. The van der Waals surface area contributed by atoms with Crippen molar-refractivity contribution in [1.29, 1.82) is 0 Å². The summed E-state index contributed by atoms with van der Waals surface area (Å²) in [6, 6.07) is 7.80. The molecular weight excluding hydrogens is 320 g/mol. The van der Waals surface area contributed by atoms with Crippen molar-refractivity contribution in [2.75, 3.05) is 13.1 Å². The second kappa shape index (κ2) is 6.66. The quantitative estimate of drug-likeness (QED) is 0.922. The Morgan fingerprint density at radius 2 is 2.00 bits per heavy atom. The van der Waals surface area contributed by atoms with Gasteiger partial charge in [-0.25, -0.2) is 4.68 Å². The maximum Gasteiger partial charge on any atom is 0.308 e. The Hall–Kier alpha value is -2.70. The third-order valence-corrected chi connectivity index (χ3v) is 4.64. The van der Waals surface area contributed by atoms with Gasteiger partial charge in [0, 0.05) is 13.1 Å². The van der Waals surface area contributed by atoms with E-state index in [1.807, 2.05) is 38.1 Å². The van der Waals surface area contributed by atoms with Gasteiger partial charge in [-0.2, -0.15) is 0 Å². The van der Waals surface area contributed by atoms with E-state index >= 15 is 0 Å². The van der Waals surface area contributed by atoms with Crippen LogP contribution < -0.4 is 0 Å². The standard InChI is InChI=1S/C18H22N4O3/c1-11-5-4-6-15(8-11)22-13(3)16(19-20-22)17(23)21-9-12(2)7-14(10-21)18(24)25/h4-6,8,12,14H,7,9-10H2,1-3H3,(H,24,25). The van der Waals surface area contributed by atoms with E-state index in [9.17, 15) is 14.7 Å². The van der Waals surface area contributed by atoms with Crippen molar-refractivity contribution in [3.63, 3.8) is 0 Å². The van der Waals surface area contributed by atoms with Gasteiger partial charge in [0.15, 0.2) is 5.69 Å². The number of benzene rings is 1. The molecule has 1 saturated heterocycles. The lowest BCUT2D eigenvalue weighted by atomic mass is 9.90. The summed E-state index contributed by atoms with van der Waals surface area (Å²) in [5.41, 5.74) is 2.87. The molecule has 1 aromatic heterocycles. The number of piperidine rings is 1. The van der Waals surface area contributed by atoms with Gasteiger partial charge in [0.1, 0.15) is 0 Å². The zero-order valence-corrected chi connectivity index (χ0v) is 14.6. The van der Waals surface area contributed by atoms with Crippen molar-refractivity contribution in [2.45, 2.75) is 27.2 Å². The summed E-state index contributed by atoms with van der Waals surface area (Å²) >= 11 is 0. The maximum atomic E-state index is 12.9. The second-order valence-corrected chi connectivity index (χ2v) is 6.86. The van der Waals surface area contributed by atoms with Gasteiger partial charge < -0.3 is 10.0 Å². The lowest BCUT2D eigenvalue weighted by molar-refractivity contribution is -0.143. The minimum absolute atomic E-state index is 0.144. The van der Waals surface area contributed by atoms with Crippen LogP contribution >= 0.6 is 0 Å². The van der Waals surface area contributed by atoms with E-state index in [1.165, 1.54) is 0 Å². The van der Waals surface area contributed by atoms with E-state index in [-0.39, 0.29) is 24.1 Å². The summed E-state index contributed by atoms with van der Waals surface area (Å²) in [5, 5.41) is 17.5. The van der Waals surface area contributed by atoms with Crippen molar-refractivity contribution in [3.8, 4) is 5.69 Å². The highest BCUT2D eigenvalue weighted by molar-refractivity contribution is 5.93. The van der Waals surface area contributed by atoms with E-state index in [0.717, 1.165) is 11.3 Å². The lowest BCUT2D eigenvalue weighted by Crippen LogP contribution is -2.45. The molecule has 0 saturated carbocycles. The zero-order valence-electron chi connectivity index (χ0n) is 14.6. The van der Waals surface area contributed by atoms with Crippen LogP contribution in [0.4, 0.5) is 0 Å². The summed E-state index contributed by atoms with van der Waals surface area (Å²) in [6.45, 7) is 6.51. The largest absolute Gasteiger partial charge is 0.481 e. The number of hydrogen-bond acceptors (Lipinski definition) is 4. The van der Waals surface area contributed by atoms with Crippen molar-refractivity contribution in [3.05, 3.63) is 41.2 Å². The first-order valence-corrected chi connectivity index (χ1v) is 8.38. The number of aromatic nitrogens is 3. The monoisotopic (exact) mass is 342 g/mol. The normalized spacial score (nSPS) is 20.5. The number of carbonyl (C=O) groups is 2. The molecule has 2 heterocycles. The van der Waals surface area contributed by atoms with Gasteiger partial charge in [0.25, 0.3) is 5.91 Å². The first-order valence-electron chi connectivity index (χ1n) is 8.38. The number of nitrogens with zero attached hydrogens (tertiary/aromatic N) is 4. The molecule has 1 aromatic carbocycles. The predicted molar refractivity (Wildman–Crippen MR) is 91.6 cm³/mol. The van der Waals surface area contributed by atoms with Crippen LogP contribution in [0.25, 0.3) is 5.69 Å². The molecule has 2 aromatic rings. The molecule has 2 atom stereocenters. The van der Waals surface area contributed by atoms with Gasteiger partial charge >= 0.3 is 5.97 Å². The van der Waals surface area contributed by atoms with Gasteiger partial charge in [0.2, 0.25) is 0 Å². The molecule has 7 nitrogen and oxygen atoms in total. The van der Waals surface area contributed by atoms with Crippen molar-refractivity contribution in [1.82, 2.24) is 19.9 Å². The van der Waals surface area contributed by atoms with Gasteiger partial charge in [-0.1, -0.05) is 24.3 Å². The minimum Gasteiger partial charge on any atom is -0.481 e. The van der Waals surface area contributed by atoms with Crippen molar-refractivity contribution in [2.24, 2.45) is 11.8 Å². The number of carboxylic acids is 1. The number of hydrogen-bond donors (Lipinski definition) is 1. The zero-order chi connectivity index (χ0) is 18.1. The Morgan fingerprint density at radius 3 is 2.68 bits per heavy atom. The Kier molecular flexibility index (Phi) is 4.57. The Labute approximate surface area is 146 Å². The number of likely N-dealkylation sites (tertiary alicyclic amines) is 1. The number of rotatable bonds is 3. The van der Waals surface area contributed by atoms with Gasteiger partial charge in [-0.3, -0.25) is 9.59 Å². The third kappa shape index (κ3) is 3.40. The first-order chi connectivity index (χ1) is 11.9. The molecule has 25 heavy (non-hydrogen) atoms. The van der Waals surface area contributed by atoms with Gasteiger partial charge in [-0.05, 0) is 43.9 Å². The fourth-order valence-electron chi connectivity index (χ4n) is 3.38. The third-order valence-electron chi connectivity index (χ3n) is 4.64. The summed E-state index contributed by atoms with van der Waals surface area (Å²) < 4.78 is 1.64. The van der Waals surface area contributed by atoms with E-state index < -0.39 is 11.9 Å². The Morgan fingerprint density at radius 1 is 1.24 bits per heavy atom. The van der Waals surface area contributed by atoms with Crippen LogP contribution in [-0.2, 0) is 4.79 Å². The molecule has 0 radical (unpaired) electrons. The molecule has 0 aliphatic carbocycles. The smallest absolute Gasteiger partial charge is 0.308 e. The van der Waals surface area contributed by atoms with E-state index in [1.54, 1.807) is 16.5 Å². The van der Waals surface area contributed by atoms with Crippen LogP contribution in [0.5, 0.6) is 0 Å². The van der Waals surface area contributed by atoms with Crippen LogP contribution in [0.15, 0.2) is 24.3 Å². The molecule has 1 N–H and O–H groups in total. The molecule has 0 bridgehead atoms. The van der Waals surface area contributed by atoms with Gasteiger partial charge in [0.05, 0.1) is 17.3 Å². The number of carboxylic acid groups (broad SMARTS) is 1. The van der Waals surface area contributed by atoms with E-state index in [2.05, 4.69) is 10.3 Å². The number of amides is 1. The summed E-state index contributed by atoms with van der Waals surface area (Å²) in [6.07, 6.45) is 0.591. The molecule has 2 unspecified atom stereocenters. The molecule has 1 aliphatic heterocycles. The van der Waals surface area contributed by atoms with E-state index in [0.29, 0.717) is 18.7 Å². The predicted octanol–water partition coefficient (Wildman–Crippen LogP) is 2.07. The number of aryl methyl sites for hydroxylation is 1. The van der Waals surface area contributed by atoms with Crippen molar-refractivity contribution >= 4 is 11.9 Å². The average molecular weight is 342 g/mol. The molecule has 1 amide bonds. The average Bonchev–Trinajstić information content (AvgIpc) is 2.95. The highest BCUT2D eigenvalue weighted by atomic mass is 16.4. The lowest BCUT2D eigenvalue weighted by Gasteiger charge is -2.34.